The zero-order valence-corrected chi connectivity index (χ0v) is 59.1. The fourth-order valence-corrected chi connectivity index (χ4v) is 11.8. The average Bonchev–Trinajstić information content (AvgIpc) is 3.59. The first kappa shape index (κ1) is 86.1. The van der Waals surface area contributed by atoms with E-state index < -0.39 is 97.5 Å². The molecule has 0 aromatic heterocycles. The van der Waals surface area contributed by atoms with Gasteiger partial charge in [-0.15, -0.1) is 0 Å². The average molecular weight is 1300 g/mol. The summed E-state index contributed by atoms with van der Waals surface area (Å²) in [5.41, 5.74) is 0. The van der Waals surface area contributed by atoms with Crippen LogP contribution in [0.5, 0.6) is 0 Å². The van der Waals surface area contributed by atoms with Gasteiger partial charge in [-0.3, -0.25) is 37.3 Å². The van der Waals surface area contributed by atoms with Crippen molar-refractivity contribution in [3.63, 3.8) is 0 Å². The highest BCUT2D eigenvalue weighted by Gasteiger charge is 2.30. The van der Waals surface area contributed by atoms with E-state index in [0.29, 0.717) is 31.6 Å². The highest BCUT2D eigenvalue weighted by molar-refractivity contribution is 7.47. The molecule has 6 unspecified atom stereocenters. The summed E-state index contributed by atoms with van der Waals surface area (Å²) in [6.45, 7) is 14.1. The molecule has 0 amide bonds. The second-order valence-corrected chi connectivity index (χ2v) is 29.0. The maximum absolute atomic E-state index is 13.0. The molecule has 0 saturated heterocycles. The van der Waals surface area contributed by atoms with Crippen molar-refractivity contribution in [2.75, 3.05) is 39.6 Å². The van der Waals surface area contributed by atoms with E-state index in [1.807, 2.05) is 0 Å². The van der Waals surface area contributed by atoms with Gasteiger partial charge in [-0.25, -0.2) is 9.13 Å². The minimum Gasteiger partial charge on any atom is -0.462 e. The monoisotopic (exact) mass is 1300 g/mol. The summed E-state index contributed by atoms with van der Waals surface area (Å²) in [5.74, 6) is 0.904. The molecule has 0 radical (unpaired) electrons. The van der Waals surface area contributed by atoms with Crippen LogP contribution in [0.2, 0.25) is 0 Å². The van der Waals surface area contributed by atoms with Crippen LogP contribution in [0, 0.1) is 23.7 Å². The summed E-state index contributed by atoms with van der Waals surface area (Å²) in [4.78, 5) is 72.5. The maximum Gasteiger partial charge on any atom is 0.472 e. The molecule has 0 aliphatic carbocycles. The minimum atomic E-state index is -4.95. The Kier molecular flexibility index (Phi) is 57.6. The van der Waals surface area contributed by atoms with Gasteiger partial charge in [0.15, 0.2) is 12.2 Å². The van der Waals surface area contributed by atoms with E-state index in [1.54, 1.807) is 0 Å². The van der Waals surface area contributed by atoms with Gasteiger partial charge in [0.05, 0.1) is 26.4 Å². The van der Waals surface area contributed by atoms with Gasteiger partial charge in [0.1, 0.15) is 19.3 Å². The molecule has 17 nitrogen and oxygen atoms in total. The molecule has 522 valence electrons. The van der Waals surface area contributed by atoms with E-state index in [-0.39, 0.29) is 25.7 Å². The van der Waals surface area contributed by atoms with E-state index in [9.17, 15) is 43.2 Å². The molecule has 8 atom stereocenters. The van der Waals surface area contributed by atoms with Crippen LogP contribution < -0.4 is 0 Å². The standard InChI is InChI=1S/C69H134O17P2/c1-9-60(6)46-38-30-22-16-12-14-18-24-33-41-49-66(71)79-56-65(86-69(74)52-44-36-28-27-32-40-48-62(8)11-3)58-84-88(77,78)82-54-63(70)53-81-87(75,76)83-57-64(55-80-67(72)50-42-34-26-20-21-29-37-45-59(4)5)85-68(73)51-43-35-25-19-15-13-17-23-31-39-47-61(7)10-2/h59-65,70H,9-58H2,1-8H3,(H,75,76)(H,77,78)/t60?,61?,62?,63?,64-,65-/m1/s1. The Morgan fingerprint density at radius 2 is 0.545 bits per heavy atom. The first-order valence-corrected chi connectivity index (χ1v) is 38.8. The Labute approximate surface area is 537 Å². The Bertz CT molecular complexity index is 1750. The second kappa shape index (κ2) is 58.8. The van der Waals surface area contributed by atoms with Gasteiger partial charge in [-0.1, -0.05) is 287 Å². The number of aliphatic hydroxyl groups excluding tert-OH is 1. The lowest BCUT2D eigenvalue weighted by Gasteiger charge is -2.21. The quantitative estimate of drug-likeness (QED) is 0.0222. The normalized spacial score (nSPS) is 15.2. The topological polar surface area (TPSA) is 237 Å². The Morgan fingerprint density at radius 1 is 0.318 bits per heavy atom. The molecule has 0 spiro atoms. The Balaban J connectivity index is 5.25. The lowest BCUT2D eigenvalue weighted by molar-refractivity contribution is -0.161. The number of carbonyl (C=O) groups excluding carboxylic acids is 4. The zero-order valence-electron chi connectivity index (χ0n) is 57.3. The summed E-state index contributed by atoms with van der Waals surface area (Å²) in [6, 6.07) is 0. The highest BCUT2D eigenvalue weighted by atomic mass is 31.2. The fourth-order valence-electron chi connectivity index (χ4n) is 10.2. The molecule has 0 aliphatic rings. The number of ether oxygens (including phenoxy) is 4. The molecular formula is C69H134O17P2. The molecule has 0 heterocycles. The summed E-state index contributed by atoms with van der Waals surface area (Å²) >= 11 is 0. The van der Waals surface area contributed by atoms with Crippen LogP contribution in [0.1, 0.15) is 338 Å². The summed E-state index contributed by atoms with van der Waals surface area (Å²) < 4.78 is 68.2. The van der Waals surface area contributed by atoms with Crippen LogP contribution in [-0.4, -0.2) is 96.7 Å². The molecule has 0 fully saturated rings. The van der Waals surface area contributed by atoms with Crippen molar-refractivity contribution < 1.29 is 80.2 Å². The van der Waals surface area contributed by atoms with Crippen molar-refractivity contribution >= 4 is 39.5 Å². The third kappa shape index (κ3) is 59.1. The smallest absolute Gasteiger partial charge is 0.462 e. The van der Waals surface area contributed by atoms with Crippen molar-refractivity contribution in [2.24, 2.45) is 23.7 Å². The van der Waals surface area contributed by atoms with Gasteiger partial charge in [0.2, 0.25) is 0 Å². The van der Waals surface area contributed by atoms with Gasteiger partial charge in [-0.05, 0) is 49.4 Å². The molecule has 0 saturated carbocycles. The van der Waals surface area contributed by atoms with Gasteiger partial charge in [-0.2, -0.15) is 0 Å². The van der Waals surface area contributed by atoms with Crippen LogP contribution in [0.25, 0.3) is 0 Å². The van der Waals surface area contributed by atoms with Crippen molar-refractivity contribution in [3.05, 3.63) is 0 Å². The predicted molar refractivity (Wildman–Crippen MR) is 354 cm³/mol. The van der Waals surface area contributed by atoms with Crippen molar-refractivity contribution in [2.45, 2.75) is 356 Å². The predicted octanol–water partition coefficient (Wildman–Crippen LogP) is 19.3. The fraction of sp³-hybridized carbons (Fsp3) is 0.942. The van der Waals surface area contributed by atoms with E-state index in [0.717, 1.165) is 114 Å². The number of esters is 4. The number of phosphoric acid groups is 2. The van der Waals surface area contributed by atoms with Crippen LogP contribution >= 0.6 is 15.6 Å². The number of rotatable bonds is 66. The van der Waals surface area contributed by atoms with Crippen LogP contribution in [0.15, 0.2) is 0 Å². The minimum absolute atomic E-state index is 0.102. The number of unbranched alkanes of at least 4 members (excludes halogenated alkanes) is 29. The summed E-state index contributed by atoms with van der Waals surface area (Å²) in [5, 5.41) is 10.6. The summed E-state index contributed by atoms with van der Waals surface area (Å²) in [6.07, 6.45) is 40.3. The Hall–Kier alpha value is -1.94. The SMILES string of the molecule is CCC(C)CCCCCCCCCCCCC(=O)OC[C@H](COP(=O)(O)OCC(O)COP(=O)(O)OC[C@@H](COC(=O)CCCCCCCCCC(C)C)OC(=O)CCCCCCCCCCCCC(C)CC)OC(=O)CCCCCCCCC(C)CC. The third-order valence-corrected chi connectivity index (χ3v) is 18.8. The largest absolute Gasteiger partial charge is 0.472 e. The number of carbonyl (C=O) groups is 4. The Morgan fingerprint density at radius 3 is 0.807 bits per heavy atom. The second-order valence-electron chi connectivity index (χ2n) is 26.1. The lowest BCUT2D eigenvalue weighted by Crippen LogP contribution is -2.30. The number of phosphoric ester groups is 2. The van der Waals surface area contributed by atoms with E-state index in [1.165, 1.54) is 135 Å². The molecule has 0 aliphatic heterocycles. The maximum atomic E-state index is 13.0. The van der Waals surface area contributed by atoms with Crippen LogP contribution in [0.3, 0.4) is 0 Å². The molecule has 0 rings (SSSR count). The molecule has 0 bridgehead atoms. The molecule has 19 heteroatoms. The van der Waals surface area contributed by atoms with Gasteiger partial charge < -0.3 is 33.8 Å². The molecule has 0 aromatic carbocycles. The van der Waals surface area contributed by atoms with Crippen molar-refractivity contribution in [1.82, 2.24) is 0 Å². The molecule has 0 aromatic rings. The number of hydrogen-bond acceptors (Lipinski definition) is 15. The summed E-state index contributed by atoms with van der Waals surface area (Å²) in [7, 11) is -9.90. The van der Waals surface area contributed by atoms with E-state index >= 15 is 0 Å². The van der Waals surface area contributed by atoms with E-state index in [2.05, 4.69) is 55.4 Å². The van der Waals surface area contributed by atoms with E-state index in [4.69, 9.17) is 37.0 Å². The van der Waals surface area contributed by atoms with Crippen LogP contribution in [0.4, 0.5) is 0 Å². The number of hydrogen-bond donors (Lipinski definition) is 3. The number of aliphatic hydroxyl groups is 1. The first-order valence-electron chi connectivity index (χ1n) is 35.8. The molecule has 3 N–H and O–H groups in total. The first-order chi connectivity index (χ1) is 42.2. The van der Waals surface area contributed by atoms with Gasteiger partial charge in [0.25, 0.3) is 0 Å². The van der Waals surface area contributed by atoms with Crippen molar-refractivity contribution in [3.8, 4) is 0 Å². The molecular weight excluding hydrogens is 1160 g/mol. The lowest BCUT2D eigenvalue weighted by atomic mass is 9.99. The highest BCUT2D eigenvalue weighted by Crippen LogP contribution is 2.45. The molecule has 88 heavy (non-hydrogen) atoms. The van der Waals surface area contributed by atoms with Gasteiger partial charge in [0, 0.05) is 25.7 Å². The van der Waals surface area contributed by atoms with Crippen molar-refractivity contribution in [1.29, 1.82) is 0 Å². The third-order valence-electron chi connectivity index (χ3n) is 16.9. The van der Waals surface area contributed by atoms with Gasteiger partial charge >= 0.3 is 39.5 Å². The van der Waals surface area contributed by atoms with Crippen LogP contribution in [-0.2, 0) is 65.4 Å². The zero-order chi connectivity index (χ0) is 65.4.